The maximum Gasteiger partial charge on any atom is 0.225 e. The van der Waals surface area contributed by atoms with Crippen LogP contribution in [-0.4, -0.2) is 51.3 Å². The zero-order valence-corrected chi connectivity index (χ0v) is 18.5. The average Bonchev–Trinajstić information content (AvgIpc) is 3.18. The molecule has 0 bridgehead atoms. The number of rotatable bonds is 4. The highest BCUT2D eigenvalue weighted by Gasteiger charge is 2.29. The van der Waals surface area contributed by atoms with Crippen LogP contribution in [0.2, 0.25) is 0 Å². The Morgan fingerprint density at radius 2 is 1.71 bits per heavy atom. The number of aryl methyl sites for hydroxylation is 1. The van der Waals surface area contributed by atoms with Gasteiger partial charge >= 0.3 is 0 Å². The molecule has 1 aliphatic carbocycles. The molecule has 1 saturated carbocycles. The number of carbonyl (C=O) groups excluding carboxylic acids is 1. The van der Waals surface area contributed by atoms with Crippen LogP contribution in [0.15, 0.2) is 48.7 Å². The molecule has 1 aromatic carbocycles. The third-order valence-electron chi connectivity index (χ3n) is 6.97. The van der Waals surface area contributed by atoms with Gasteiger partial charge in [-0.15, -0.1) is 0 Å². The minimum absolute atomic E-state index is 0.271. The lowest BCUT2D eigenvalue weighted by atomic mass is 9.88. The maximum absolute atomic E-state index is 12.9. The molecule has 3 aromatic rings. The quantitative estimate of drug-likeness (QED) is 0.627. The van der Waals surface area contributed by atoms with Gasteiger partial charge in [-0.3, -0.25) is 9.69 Å². The molecule has 0 N–H and O–H groups in total. The largest absolute Gasteiger partial charge is 0.340 e. The van der Waals surface area contributed by atoms with Gasteiger partial charge in [-0.1, -0.05) is 55.2 Å². The Bertz CT molecular complexity index is 1040. The van der Waals surface area contributed by atoms with Crippen molar-refractivity contribution < 1.29 is 4.79 Å². The van der Waals surface area contributed by atoms with Crippen LogP contribution in [0.4, 0.5) is 0 Å². The van der Waals surface area contributed by atoms with E-state index in [9.17, 15) is 4.79 Å². The first-order valence-electron chi connectivity index (χ1n) is 11.7. The van der Waals surface area contributed by atoms with E-state index >= 15 is 0 Å². The van der Waals surface area contributed by atoms with Crippen molar-refractivity contribution in [2.75, 3.05) is 26.2 Å². The summed E-state index contributed by atoms with van der Waals surface area (Å²) in [7, 11) is 0. The van der Waals surface area contributed by atoms with Gasteiger partial charge in [-0.2, -0.15) is 0 Å². The fourth-order valence-electron chi connectivity index (χ4n) is 5.09. The predicted octanol–water partition coefficient (Wildman–Crippen LogP) is 4.53. The van der Waals surface area contributed by atoms with E-state index < -0.39 is 0 Å². The van der Waals surface area contributed by atoms with Gasteiger partial charge in [0.2, 0.25) is 5.91 Å². The Balaban J connectivity index is 1.32. The van der Waals surface area contributed by atoms with Gasteiger partial charge in [-0.25, -0.2) is 4.98 Å². The highest BCUT2D eigenvalue weighted by atomic mass is 16.2. The zero-order valence-electron chi connectivity index (χ0n) is 18.5. The third-order valence-corrected chi connectivity index (χ3v) is 6.97. The minimum atomic E-state index is 0.271. The summed E-state index contributed by atoms with van der Waals surface area (Å²) >= 11 is 0. The SMILES string of the molecule is Cc1ccc(-c2nc3ccccn3c2CN2CCN(C(=O)C3CCCCC3)CC2)cc1. The van der Waals surface area contributed by atoms with E-state index in [-0.39, 0.29) is 5.92 Å². The fraction of sp³-hybridized carbons (Fsp3) is 0.462. The maximum atomic E-state index is 12.9. The summed E-state index contributed by atoms with van der Waals surface area (Å²) in [5, 5.41) is 0. The van der Waals surface area contributed by atoms with Crippen LogP contribution >= 0.6 is 0 Å². The van der Waals surface area contributed by atoms with E-state index in [4.69, 9.17) is 4.98 Å². The third kappa shape index (κ3) is 4.24. The second-order valence-corrected chi connectivity index (χ2v) is 9.14. The summed E-state index contributed by atoms with van der Waals surface area (Å²) in [5.74, 6) is 0.668. The zero-order chi connectivity index (χ0) is 21.2. The molecule has 162 valence electrons. The van der Waals surface area contributed by atoms with Crippen LogP contribution < -0.4 is 0 Å². The highest BCUT2D eigenvalue weighted by Crippen LogP contribution is 2.28. The van der Waals surface area contributed by atoms with Gasteiger partial charge in [-0.05, 0) is 31.9 Å². The Hall–Kier alpha value is -2.66. The lowest BCUT2D eigenvalue weighted by Gasteiger charge is -2.37. The molecule has 2 aromatic heterocycles. The summed E-state index contributed by atoms with van der Waals surface area (Å²) in [5.41, 5.74) is 5.70. The Morgan fingerprint density at radius 1 is 0.968 bits per heavy atom. The summed E-state index contributed by atoms with van der Waals surface area (Å²) in [6.07, 6.45) is 8.00. The molecule has 1 saturated heterocycles. The monoisotopic (exact) mass is 416 g/mol. The number of hydrogen-bond donors (Lipinski definition) is 0. The Kier molecular flexibility index (Phi) is 5.77. The number of nitrogens with zero attached hydrogens (tertiary/aromatic N) is 4. The molecule has 31 heavy (non-hydrogen) atoms. The molecule has 0 radical (unpaired) electrons. The van der Waals surface area contributed by atoms with Crippen LogP contribution in [0.25, 0.3) is 16.9 Å². The number of aromatic nitrogens is 2. The van der Waals surface area contributed by atoms with Gasteiger partial charge in [0, 0.05) is 50.4 Å². The Morgan fingerprint density at radius 3 is 2.45 bits per heavy atom. The van der Waals surface area contributed by atoms with Crippen molar-refractivity contribution in [2.45, 2.75) is 45.6 Å². The number of pyridine rings is 1. The molecule has 2 aliphatic rings. The van der Waals surface area contributed by atoms with Crippen LogP contribution in [0.1, 0.15) is 43.4 Å². The van der Waals surface area contributed by atoms with Crippen LogP contribution in [0.3, 0.4) is 0 Å². The normalized spacial score (nSPS) is 18.5. The van der Waals surface area contributed by atoms with E-state index in [2.05, 4.69) is 63.7 Å². The van der Waals surface area contributed by atoms with Crippen LogP contribution in [-0.2, 0) is 11.3 Å². The number of fused-ring (bicyclic) bond motifs is 1. The van der Waals surface area contributed by atoms with Crippen LogP contribution in [0, 0.1) is 12.8 Å². The van der Waals surface area contributed by atoms with Gasteiger partial charge in [0.15, 0.2) is 0 Å². The second kappa shape index (κ2) is 8.83. The van der Waals surface area contributed by atoms with E-state index in [0.717, 1.165) is 62.5 Å². The molecular weight excluding hydrogens is 384 g/mol. The molecule has 3 heterocycles. The van der Waals surface area contributed by atoms with E-state index in [1.807, 2.05) is 6.07 Å². The first kappa shape index (κ1) is 20.3. The average molecular weight is 417 g/mol. The highest BCUT2D eigenvalue weighted by molar-refractivity contribution is 5.79. The van der Waals surface area contributed by atoms with Crippen molar-refractivity contribution in [3.8, 4) is 11.3 Å². The number of hydrogen-bond acceptors (Lipinski definition) is 3. The standard InChI is InChI=1S/C26H32N4O/c1-20-10-12-21(13-11-20)25-23(30-14-6-5-9-24(30)27-25)19-28-15-17-29(18-16-28)26(31)22-7-3-2-4-8-22/h5-6,9-14,22H,2-4,7-8,15-19H2,1H3. The lowest BCUT2D eigenvalue weighted by molar-refractivity contribution is -0.138. The molecule has 0 spiro atoms. The molecule has 5 heteroatoms. The molecule has 5 nitrogen and oxygen atoms in total. The Labute approximate surface area is 184 Å². The fourth-order valence-corrected chi connectivity index (χ4v) is 5.09. The first-order chi connectivity index (χ1) is 15.2. The van der Waals surface area contributed by atoms with Gasteiger partial charge < -0.3 is 9.30 Å². The molecule has 1 amide bonds. The molecule has 1 aliphatic heterocycles. The summed E-state index contributed by atoms with van der Waals surface area (Å²) in [6.45, 7) is 6.48. The number of carbonyl (C=O) groups is 1. The first-order valence-corrected chi connectivity index (χ1v) is 11.7. The van der Waals surface area contributed by atoms with Crippen molar-refractivity contribution in [3.05, 3.63) is 59.9 Å². The second-order valence-electron chi connectivity index (χ2n) is 9.14. The number of piperazine rings is 1. The summed E-state index contributed by atoms with van der Waals surface area (Å²) in [6, 6.07) is 14.8. The van der Waals surface area contributed by atoms with Crippen LogP contribution in [0.5, 0.6) is 0 Å². The number of imidazole rings is 1. The van der Waals surface area contributed by atoms with Crippen molar-refractivity contribution >= 4 is 11.6 Å². The topological polar surface area (TPSA) is 40.9 Å². The van der Waals surface area contributed by atoms with E-state index in [1.165, 1.54) is 30.5 Å². The van der Waals surface area contributed by atoms with Crippen molar-refractivity contribution in [3.63, 3.8) is 0 Å². The lowest BCUT2D eigenvalue weighted by Crippen LogP contribution is -2.50. The molecule has 5 rings (SSSR count). The smallest absolute Gasteiger partial charge is 0.225 e. The summed E-state index contributed by atoms with van der Waals surface area (Å²) in [4.78, 5) is 22.4. The van der Waals surface area contributed by atoms with Gasteiger partial charge in [0.1, 0.15) is 5.65 Å². The minimum Gasteiger partial charge on any atom is -0.340 e. The molecule has 0 atom stereocenters. The van der Waals surface area contributed by atoms with Crippen molar-refractivity contribution in [2.24, 2.45) is 5.92 Å². The van der Waals surface area contributed by atoms with E-state index in [1.54, 1.807) is 0 Å². The molecule has 2 fully saturated rings. The summed E-state index contributed by atoms with van der Waals surface area (Å²) < 4.78 is 2.22. The van der Waals surface area contributed by atoms with Crippen molar-refractivity contribution in [1.29, 1.82) is 0 Å². The van der Waals surface area contributed by atoms with E-state index in [0.29, 0.717) is 5.91 Å². The van der Waals surface area contributed by atoms with Crippen molar-refractivity contribution in [1.82, 2.24) is 19.2 Å². The molecule has 0 unspecified atom stereocenters. The number of benzene rings is 1. The van der Waals surface area contributed by atoms with Gasteiger partial charge in [0.05, 0.1) is 11.4 Å². The number of amides is 1. The molecular formula is C26H32N4O. The predicted molar refractivity (Wildman–Crippen MR) is 124 cm³/mol. The van der Waals surface area contributed by atoms with Gasteiger partial charge in [0.25, 0.3) is 0 Å².